The number of carbonyl (C=O) groups is 1. The van der Waals surface area contributed by atoms with Gasteiger partial charge >= 0.3 is 0 Å². The van der Waals surface area contributed by atoms with Crippen molar-refractivity contribution in [3.63, 3.8) is 0 Å². The zero-order valence-corrected chi connectivity index (χ0v) is 14.2. The topological polar surface area (TPSA) is 77.2 Å². The molecule has 0 spiro atoms. The van der Waals surface area contributed by atoms with Crippen molar-refractivity contribution in [3.05, 3.63) is 65.4 Å². The monoisotopic (exact) mass is 337 g/mol. The predicted octanol–water partition coefficient (Wildman–Crippen LogP) is 3.16. The molecule has 0 bridgehead atoms. The molecule has 6 heteroatoms. The molecule has 3 aromatic rings. The molecule has 0 aliphatic rings. The number of nitrogens with zero attached hydrogens (tertiary/aromatic N) is 2. The molecular formula is C19H19N3O3. The van der Waals surface area contributed by atoms with E-state index in [0.29, 0.717) is 36.0 Å². The van der Waals surface area contributed by atoms with Crippen molar-refractivity contribution in [3.8, 4) is 17.3 Å². The summed E-state index contributed by atoms with van der Waals surface area (Å²) >= 11 is 0. The minimum absolute atomic E-state index is 0.119. The van der Waals surface area contributed by atoms with E-state index in [1.54, 1.807) is 24.5 Å². The Kier molecular flexibility index (Phi) is 5.09. The molecule has 0 aliphatic heterocycles. The fourth-order valence-electron chi connectivity index (χ4n) is 2.26. The van der Waals surface area contributed by atoms with Gasteiger partial charge in [0.25, 0.3) is 5.91 Å². The van der Waals surface area contributed by atoms with Crippen LogP contribution in [0.25, 0.3) is 11.5 Å². The van der Waals surface area contributed by atoms with Crippen molar-refractivity contribution in [1.82, 2.24) is 15.5 Å². The van der Waals surface area contributed by atoms with E-state index in [0.717, 1.165) is 11.1 Å². The van der Waals surface area contributed by atoms with Crippen molar-refractivity contribution in [1.29, 1.82) is 0 Å². The molecule has 1 N–H and O–H groups in total. The second-order valence-corrected chi connectivity index (χ2v) is 5.64. The van der Waals surface area contributed by atoms with Gasteiger partial charge in [0.15, 0.2) is 5.76 Å². The normalized spacial score (nSPS) is 10.5. The highest BCUT2D eigenvalue weighted by Crippen LogP contribution is 2.17. The third-order valence-electron chi connectivity index (χ3n) is 3.82. The molecule has 0 aliphatic carbocycles. The molecule has 1 amide bonds. The predicted molar refractivity (Wildman–Crippen MR) is 93.5 cm³/mol. The van der Waals surface area contributed by atoms with Gasteiger partial charge in [-0.1, -0.05) is 6.07 Å². The van der Waals surface area contributed by atoms with Crippen LogP contribution < -0.4 is 10.1 Å². The molecule has 0 atom stereocenters. The zero-order valence-electron chi connectivity index (χ0n) is 14.2. The number of aryl methyl sites for hydroxylation is 2. The molecule has 25 heavy (non-hydrogen) atoms. The highest BCUT2D eigenvalue weighted by atomic mass is 16.5. The van der Waals surface area contributed by atoms with Gasteiger partial charge in [0, 0.05) is 11.6 Å². The van der Waals surface area contributed by atoms with Gasteiger partial charge < -0.3 is 14.5 Å². The molecule has 6 nitrogen and oxygen atoms in total. The van der Waals surface area contributed by atoms with Crippen LogP contribution in [-0.4, -0.2) is 29.3 Å². The van der Waals surface area contributed by atoms with Gasteiger partial charge in [-0.25, -0.2) is 0 Å². The van der Waals surface area contributed by atoms with Gasteiger partial charge in [0.05, 0.1) is 12.8 Å². The van der Waals surface area contributed by atoms with Gasteiger partial charge in [-0.2, -0.15) is 0 Å². The standard InChI is InChI=1S/C19H19N3O3/c1-13-5-6-15(12-14(13)2)19(23)20-9-11-25-18-8-7-16(21-22-18)17-4-3-10-24-17/h3-8,10,12H,9,11H2,1-2H3,(H,20,23). The first-order valence-electron chi connectivity index (χ1n) is 7.99. The summed E-state index contributed by atoms with van der Waals surface area (Å²) in [6.07, 6.45) is 1.58. The summed E-state index contributed by atoms with van der Waals surface area (Å²) in [6.45, 7) is 4.70. The van der Waals surface area contributed by atoms with Gasteiger partial charge in [-0.15, -0.1) is 10.2 Å². The van der Waals surface area contributed by atoms with Crippen molar-refractivity contribution in [2.45, 2.75) is 13.8 Å². The van der Waals surface area contributed by atoms with Crippen LogP contribution in [0.4, 0.5) is 0 Å². The van der Waals surface area contributed by atoms with E-state index in [4.69, 9.17) is 9.15 Å². The molecule has 3 rings (SSSR count). The van der Waals surface area contributed by atoms with Crippen LogP contribution in [0.1, 0.15) is 21.5 Å². The number of hydrogen-bond donors (Lipinski definition) is 1. The number of aromatic nitrogens is 2. The lowest BCUT2D eigenvalue weighted by molar-refractivity contribution is 0.0946. The maximum atomic E-state index is 12.1. The van der Waals surface area contributed by atoms with E-state index in [9.17, 15) is 4.79 Å². The van der Waals surface area contributed by atoms with Gasteiger partial charge in [-0.3, -0.25) is 4.79 Å². The minimum atomic E-state index is -0.119. The summed E-state index contributed by atoms with van der Waals surface area (Å²) in [5.41, 5.74) is 3.54. The maximum Gasteiger partial charge on any atom is 0.251 e. The Hall–Kier alpha value is -3.15. The SMILES string of the molecule is Cc1ccc(C(=O)NCCOc2ccc(-c3ccco3)nn2)cc1C. The number of nitrogens with one attached hydrogen (secondary N) is 1. The summed E-state index contributed by atoms with van der Waals surface area (Å²) in [6, 6.07) is 12.7. The molecule has 0 saturated carbocycles. The summed E-state index contributed by atoms with van der Waals surface area (Å²) in [5.74, 6) is 0.932. The Bertz CT molecular complexity index is 843. The molecule has 2 heterocycles. The van der Waals surface area contributed by atoms with E-state index < -0.39 is 0 Å². The van der Waals surface area contributed by atoms with E-state index in [2.05, 4.69) is 15.5 Å². The second-order valence-electron chi connectivity index (χ2n) is 5.64. The van der Waals surface area contributed by atoms with Crippen molar-refractivity contribution >= 4 is 5.91 Å². The van der Waals surface area contributed by atoms with Crippen molar-refractivity contribution in [2.24, 2.45) is 0 Å². The average molecular weight is 337 g/mol. The van der Waals surface area contributed by atoms with Crippen LogP contribution in [0.3, 0.4) is 0 Å². The molecule has 0 unspecified atom stereocenters. The van der Waals surface area contributed by atoms with Crippen LogP contribution in [0.15, 0.2) is 53.1 Å². The highest BCUT2D eigenvalue weighted by molar-refractivity contribution is 5.94. The van der Waals surface area contributed by atoms with E-state index in [1.165, 1.54) is 0 Å². The fraction of sp³-hybridized carbons (Fsp3) is 0.211. The molecule has 2 aromatic heterocycles. The third kappa shape index (κ3) is 4.23. The number of furan rings is 1. The van der Waals surface area contributed by atoms with Gasteiger partial charge in [0.2, 0.25) is 5.88 Å². The van der Waals surface area contributed by atoms with Crippen molar-refractivity contribution in [2.75, 3.05) is 13.2 Å². The Morgan fingerprint density at radius 1 is 1.12 bits per heavy atom. The molecule has 1 aromatic carbocycles. The summed E-state index contributed by atoms with van der Waals surface area (Å²) < 4.78 is 10.7. The van der Waals surface area contributed by atoms with E-state index in [1.807, 2.05) is 38.1 Å². The lowest BCUT2D eigenvalue weighted by Gasteiger charge is -2.08. The lowest BCUT2D eigenvalue weighted by Crippen LogP contribution is -2.28. The average Bonchev–Trinajstić information content (AvgIpc) is 3.16. The second kappa shape index (κ2) is 7.61. The van der Waals surface area contributed by atoms with Crippen LogP contribution in [0, 0.1) is 13.8 Å². The number of benzene rings is 1. The van der Waals surface area contributed by atoms with E-state index in [-0.39, 0.29) is 5.91 Å². The first-order chi connectivity index (χ1) is 12.1. The lowest BCUT2D eigenvalue weighted by atomic mass is 10.1. The van der Waals surface area contributed by atoms with Crippen LogP contribution in [0.2, 0.25) is 0 Å². The third-order valence-corrected chi connectivity index (χ3v) is 3.82. The Balaban J connectivity index is 1.46. The van der Waals surface area contributed by atoms with Gasteiger partial charge in [0.1, 0.15) is 12.3 Å². The Morgan fingerprint density at radius 2 is 2.00 bits per heavy atom. The molecular weight excluding hydrogens is 318 g/mol. The number of rotatable bonds is 6. The Morgan fingerprint density at radius 3 is 2.68 bits per heavy atom. The van der Waals surface area contributed by atoms with Crippen LogP contribution in [-0.2, 0) is 0 Å². The first kappa shape index (κ1) is 16.7. The van der Waals surface area contributed by atoms with Crippen LogP contribution in [0.5, 0.6) is 5.88 Å². The van der Waals surface area contributed by atoms with Gasteiger partial charge in [-0.05, 0) is 55.3 Å². The number of ether oxygens (including phenoxy) is 1. The molecule has 128 valence electrons. The molecule has 0 radical (unpaired) electrons. The van der Waals surface area contributed by atoms with Crippen molar-refractivity contribution < 1.29 is 13.9 Å². The Labute approximate surface area is 145 Å². The summed E-state index contributed by atoms with van der Waals surface area (Å²) in [5, 5.41) is 10.9. The van der Waals surface area contributed by atoms with E-state index >= 15 is 0 Å². The first-order valence-corrected chi connectivity index (χ1v) is 7.99. The fourth-order valence-corrected chi connectivity index (χ4v) is 2.26. The maximum absolute atomic E-state index is 12.1. The number of carbonyl (C=O) groups excluding carboxylic acids is 1. The largest absolute Gasteiger partial charge is 0.475 e. The minimum Gasteiger partial charge on any atom is -0.475 e. The van der Waals surface area contributed by atoms with Crippen LogP contribution >= 0.6 is 0 Å². The summed E-state index contributed by atoms with van der Waals surface area (Å²) in [4.78, 5) is 12.1. The number of hydrogen-bond acceptors (Lipinski definition) is 5. The summed E-state index contributed by atoms with van der Waals surface area (Å²) in [7, 11) is 0. The highest BCUT2D eigenvalue weighted by Gasteiger charge is 2.07. The quantitative estimate of drug-likeness (QED) is 0.699. The zero-order chi connectivity index (χ0) is 17.6. The molecule has 0 saturated heterocycles. The smallest absolute Gasteiger partial charge is 0.251 e. The number of amides is 1. The molecule has 0 fully saturated rings.